The molecule has 0 aliphatic heterocycles. The molecule has 2 aliphatic carbocycles. The summed E-state index contributed by atoms with van der Waals surface area (Å²) in [5, 5.41) is 8.97. The van der Waals surface area contributed by atoms with Crippen LogP contribution in [0, 0.1) is 23.7 Å². The summed E-state index contributed by atoms with van der Waals surface area (Å²) in [7, 11) is 0. The van der Waals surface area contributed by atoms with E-state index in [9.17, 15) is 4.79 Å². The molecule has 112 valence electrons. The molecule has 2 aliphatic rings. The number of hydrogen-bond acceptors (Lipinski definition) is 1. The summed E-state index contributed by atoms with van der Waals surface area (Å²) in [6.45, 7) is 6.61. The summed E-state index contributed by atoms with van der Waals surface area (Å²) >= 11 is 0. The molecule has 0 radical (unpaired) electrons. The molecule has 2 heteroatoms. The molecular weight excluding hydrogens is 236 g/mol. The van der Waals surface area contributed by atoms with Crippen LogP contribution in [-0.4, -0.2) is 11.1 Å². The minimum atomic E-state index is -0.573. The Morgan fingerprint density at radius 3 is 1.63 bits per heavy atom. The zero-order valence-electron chi connectivity index (χ0n) is 13.0. The number of aliphatic carboxylic acids is 1. The van der Waals surface area contributed by atoms with Gasteiger partial charge < -0.3 is 5.11 Å². The van der Waals surface area contributed by atoms with Gasteiger partial charge in [0.1, 0.15) is 0 Å². The molecule has 0 unspecified atom stereocenters. The summed E-state index contributed by atoms with van der Waals surface area (Å²) in [5.74, 6) is 2.05. The van der Waals surface area contributed by atoms with Crippen molar-refractivity contribution in [1.29, 1.82) is 0 Å². The highest BCUT2D eigenvalue weighted by Gasteiger charge is 2.31. The average Bonchev–Trinajstić information content (AvgIpc) is 2.41. The van der Waals surface area contributed by atoms with Gasteiger partial charge in [0, 0.05) is 0 Å². The van der Waals surface area contributed by atoms with Crippen LogP contribution in [0.5, 0.6) is 0 Å². The van der Waals surface area contributed by atoms with E-state index >= 15 is 0 Å². The minimum Gasteiger partial charge on any atom is -0.481 e. The SMILES string of the molecule is CC1CCC(C2CCC(C(=O)O)CC2)CC1.CCC. The van der Waals surface area contributed by atoms with E-state index in [1.54, 1.807) is 0 Å². The lowest BCUT2D eigenvalue weighted by molar-refractivity contribution is -0.143. The van der Waals surface area contributed by atoms with Crippen molar-refractivity contribution in [2.45, 2.75) is 78.6 Å². The third kappa shape index (κ3) is 5.54. The third-order valence-corrected chi connectivity index (χ3v) is 4.85. The van der Waals surface area contributed by atoms with E-state index in [4.69, 9.17) is 5.11 Å². The minimum absolute atomic E-state index is 0.0428. The molecular formula is C17H32O2. The van der Waals surface area contributed by atoms with Gasteiger partial charge in [0.15, 0.2) is 0 Å². The standard InChI is InChI=1S/C14H24O2.C3H8/c1-10-2-4-11(5-3-10)12-6-8-13(9-7-12)14(15)16;1-3-2/h10-13H,2-9H2,1H3,(H,15,16);3H2,1-2H3. The number of carbonyl (C=O) groups is 1. The molecule has 0 amide bonds. The molecule has 2 nitrogen and oxygen atoms in total. The molecule has 0 spiro atoms. The monoisotopic (exact) mass is 268 g/mol. The van der Waals surface area contributed by atoms with Crippen LogP contribution in [0.3, 0.4) is 0 Å². The summed E-state index contributed by atoms with van der Waals surface area (Å²) < 4.78 is 0. The van der Waals surface area contributed by atoms with Crippen LogP contribution in [0.4, 0.5) is 0 Å². The summed E-state index contributed by atoms with van der Waals surface area (Å²) in [5.41, 5.74) is 0. The van der Waals surface area contributed by atoms with Crippen molar-refractivity contribution in [2.24, 2.45) is 23.7 Å². The largest absolute Gasteiger partial charge is 0.481 e. The van der Waals surface area contributed by atoms with Crippen LogP contribution >= 0.6 is 0 Å². The molecule has 2 saturated carbocycles. The molecule has 0 saturated heterocycles. The maximum absolute atomic E-state index is 10.9. The van der Waals surface area contributed by atoms with Gasteiger partial charge in [0.05, 0.1) is 5.92 Å². The predicted octanol–water partition coefficient (Wildman–Crippen LogP) is 5.12. The first-order chi connectivity index (χ1) is 9.08. The molecule has 2 fully saturated rings. The van der Waals surface area contributed by atoms with Gasteiger partial charge in [-0.25, -0.2) is 0 Å². The highest BCUT2D eigenvalue weighted by atomic mass is 16.4. The Morgan fingerprint density at radius 1 is 0.895 bits per heavy atom. The normalized spacial score (nSPS) is 35.1. The van der Waals surface area contributed by atoms with Gasteiger partial charge >= 0.3 is 5.97 Å². The second kappa shape index (κ2) is 8.60. The van der Waals surface area contributed by atoms with E-state index in [0.29, 0.717) is 0 Å². The van der Waals surface area contributed by atoms with Gasteiger partial charge in [-0.2, -0.15) is 0 Å². The molecule has 0 aromatic heterocycles. The predicted molar refractivity (Wildman–Crippen MR) is 80.2 cm³/mol. The van der Waals surface area contributed by atoms with Gasteiger partial charge in [-0.3, -0.25) is 4.79 Å². The van der Waals surface area contributed by atoms with Crippen molar-refractivity contribution in [3.8, 4) is 0 Å². The zero-order chi connectivity index (χ0) is 14.3. The van der Waals surface area contributed by atoms with E-state index in [1.165, 1.54) is 32.1 Å². The fraction of sp³-hybridized carbons (Fsp3) is 0.941. The lowest BCUT2D eigenvalue weighted by Gasteiger charge is -2.36. The first kappa shape index (κ1) is 16.5. The van der Waals surface area contributed by atoms with Gasteiger partial charge in [0.25, 0.3) is 0 Å². The summed E-state index contributed by atoms with van der Waals surface area (Å²) in [4.78, 5) is 10.9. The molecule has 0 aromatic rings. The van der Waals surface area contributed by atoms with Crippen LogP contribution in [0.2, 0.25) is 0 Å². The van der Waals surface area contributed by atoms with E-state index in [1.807, 2.05) is 0 Å². The van der Waals surface area contributed by atoms with Crippen molar-refractivity contribution in [1.82, 2.24) is 0 Å². The third-order valence-electron chi connectivity index (χ3n) is 4.85. The van der Waals surface area contributed by atoms with Crippen molar-refractivity contribution >= 4 is 5.97 Å². The van der Waals surface area contributed by atoms with Crippen molar-refractivity contribution < 1.29 is 9.90 Å². The molecule has 0 bridgehead atoms. The maximum Gasteiger partial charge on any atom is 0.306 e. The van der Waals surface area contributed by atoms with E-state index in [-0.39, 0.29) is 5.92 Å². The first-order valence-corrected chi connectivity index (χ1v) is 8.31. The Hall–Kier alpha value is -0.530. The van der Waals surface area contributed by atoms with Crippen molar-refractivity contribution in [3.05, 3.63) is 0 Å². The molecule has 0 atom stereocenters. The van der Waals surface area contributed by atoms with Crippen LogP contribution in [-0.2, 0) is 4.79 Å². The van der Waals surface area contributed by atoms with Crippen LogP contribution in [0.1, 0.15) is 78.6 Å². The Balaban J connectivity index is 0.000000550. The molecule has 0 aromatic carbocycles. The Morgan fingerprint density at radius 2 is 1.26 bits per heavy atom. The van der Waals surface area contributed by atoms with Crippen LogP contribution in [0.25, 0.3) is 0 Å². The highest BCUT2D eigenvalue weighted by Crippen LogP contribution is 2.41. The van der Waals surface area contributed by atoms with E-state index in [0.717, 1.165) is 43.4 Å². The zero-order valence-corrected chi connectivity index (χ0v) is 13.0. The number of carboxylic acid groups (broad SMARTS) is 1. The lowest BCUT2D eigenvalue weighted by Crippen LogP contribution is -2.27. The van der Waals surface area contributed by atoms with Crippen LogP contribution in [0.15, 0.2) is 0 Å². The van der Waals surface area contributed by atoms with Gasteiger partial charge in [0.2, 0.25) is 0 Å². The van der Waals surface area contributed by atoms with Gasteiger partial charge in [-0.1, -0.05) is 40.0 Å². The van der Waals surface area contributed by atoms with Gasteiger partial charge in [-0.15, -0.1) is 0 Å². The van der Waals surface area contributed by atoms with Crippen LogP contribution < -0.4 is 0 Å². The summed E-state index contributed by atoms with van der Waals surface area (Å²) in [6, 6.07) is 0. The van der Waals surface area contributed by atoms with Gasteiger partial charge in [-0.05, 0) is 56.3 Å². The Kier molecular flexibility index (Phi) is 7.48. The van der Waals surface area contributed by atoms with E-state index < -0.39 is 5.97 Å². The average molecular weight is 268 g/mol. The fourth-order valence-corrected chi connectivity index (χ4v) is 3.59. The smallest absolute Gasteiger partial charge is 0.306 e. The highest BCUT2D eigenvalue weighted by molar-refractivity contribution is 5.69. The van der Waals surface area contributed by atoms with Crippen molar-refractivity contribution in [3.63, 3.8) is 0 Å². The molecule has 19 heavy (non-hydrogen) atoms. The Bertz CT molecular complexity index is 246. The quantitative estimate of drug-likeness (QED) is 0.754. The van der Waals surface area contributed by atoms with E-state index in [2.05, 4.69) is 20.8 Å². The Labute approximate surface area is 119 Å². The molecule has 1 N–H and O–H groups in total. The molecule has 0 heterocycles. The second-order valence-electron chi connectivity index (χ2n) is 6.68. The maximum atomic E-state index is 10.9. The summed E-state index contributed by atoms with van der Waals surface area (Å²) in [6.07, 6.45) is 11.0. The number of rotatable bonds is 2. The topological polar surface area (TPSA) is 37.3 Å². The number of carboxylic acids is 1. The van der Waals surface area contributed by atoms with Crippen molar-refractivity contribution in [2.75, 3.05) is 0 Å². The lowest BCUT2D eigenvalue weighted by atomic mass is 9.69. The molecule has 2 rings (SSSR count). The first-order valence-electron chi connectivity index (χ1n) is 8.31. The number of hydrogen-bond donors (Lipinski definition) is 1. The second-order valence-corrected chi connectivity index (χ2v) is 6.68. The fourth-order valence-electron chi connectivity index (χ4n) is 3.59.